The number of hydrogen-bond acceptors (Lipinski definition) is 3. The van der Waals surface area contributed by atoms with Crippen LogP contribution in [0.1, 0.15) is 37.7 Å². The predicted molar refractivity (Wildman–Crippen MR) is 77.4 cm³/mol. The highest BCUT2D eigenvalue weighted by Gasteiger charge is 2.42. The third-order valence-electron chi connectivity index (χ3n) is 3.82. The fraction of sp³-hybridized carbons (Fsp3) is 0.615. The molecule has 1 fully saturated rings. The number of carbonyl (C=O) groups is 1. The van der Waals surface area contributed by atoms with Crippen LogP contribution in [-0.2, 0) is 18.4 Å². The van der Waals surface area contributed by atoms with Gasteiger partial charge in [-0.05, 0) is 12.8 Å². The van der Waals surface area contributed by atoms with Crippen molar-refractivity contribution in [3.8, 4) is 0 Å². The first kappa shape index (κ1) is 14.0. The molecule has 5 nitrogen and oxygen atoms in total. The van der Waals surface area contributed by atoms with Gasteiger partial charge in [-0.2, -0.15) is 5.10 Å². The summed E-state index contributed by atoms with van der Waals surface area (Å²) >= 11 is 5.14. The number of rotatable bonds is 4. The molecule has 3 N–H and O–H groups in total. The Morgan fingerprint density at radius 2 is 2.21 bits per heavy atom. The third kappa shape index (κ3) is 2.94. The first-order chi connectivity index (χ1) is 9.04. The Labute approximate surface area is 118 Å². The highest BCUT2D eigenvalue weighted by atomic mass is 32.1. The van der Waals surface area contributed by atoms with Gasteiger partial charge >= 0.3 is 0 Å². The van der Waals surface area contributed by atoms with Crippen LogP contribution >= 0.6 is 12.2 Å². The van der Waals surface area contributed by atoms with Crippen LogP contribution in [0.25, 0.3) is 0 Å². The largest absolute Gasteiger partial charge is 0.392 e. The van der Waals surface area contributed by atoms with Gasteiger partial charge in [-0.3, -0.25) is 9.48 Å². The molecule has 0 atom stereocenters. The van der Waals surface area contributed by atoms with Crippen LogP contribution in [0, 0.1) is 5.41 Å². The average Bonchev–Trinajstić information content (AvgIpc) is 2.82. The smallest absolute Gasteiger partial charge is 0.233 e. The van der Waals surface area contributed by atoms with Gasteiger partial charge in [0, 0.05) is 25.4 Å². The van der Waals surface area contributed by atoms with Gasteiger partial charge in [0.15, 0.2) is 0 Å². The monoisotopic (exact) mass is 280 g/mol. The molecule has 0 aromatic carbocycles. The lowest BCUT2D eigenvalue weighted by Crippen LogP contribution is -2.49. The standard InChI is InChI=1S/C13H20N4OS/c1-17-9-10(8-16-17)7-15-12(18)13(11(14)19)5-3-2-4-6-13/h8-9H,2-7H2,1H3,(H2,14,19)(H,15,18). The molecular weight excluding hydrogens is 260 g/mol. The van der Waals surface area contributed by atoms with Crippen molar-refractivity contribution in [1.29, 1.82) is 0 Å². The van der Waals surface area contributed by atoms with E-state index in [1.54, 1.807) is 10.9 Å². The van der Waals surface area contributed by atoms with Crippen molar-refractivity contribution in [3.63, 3.8) is 0 Å². The number of hydrogen-bond donors (Lipinski definition) is 2. The lowest BCUT2D eigenvalue weighted by Gasteiger charge is -2.34. The van der Waals surface area contributed by atoms with Crippen LogP contribution in [0.2, 0.25) is 0 Å². The lowest BCUT2D eigenvalue weighted by molar-refractivity contribution is -0.129. The minimum Gasteiger partial charge on any atom is -0.392 e. The van der Waals surface area contributed by atoms with Gasteiger partial charge in [0.25, 0.3) is 0 Å². The lowest BCUT2D eigenvalue weighted by atomic mass is 9.73. The highest BCUT2D eigenvalue weighted by Crippen LogP contribution is 2.37. The summed E-state index contributed by atoms with van der Waals surface area (Å²) in [6.45, 7) is 0.469. The minimum absolute atomic E-state index is 0.0384. The number of amides is 1. The van der Waals surface area contributed by atoms with Crippen LogP contribution in [0.5, 0.6) is 0 Å². The molecule has 19 heavy (non-hydrogen) atoms. The van der Waals surface area contributed by atoms with E-state index in [0.29, 0.717) is 11.5 Å². The molecule has 1 heterocycles. The normalized spacial score (nSPS) is 17.9. The molecule has 1 aromatic heterocycles. The summed E-state index contributed by atoms with van der Waals surface area (Å²) < 4.78 is 1.71. The quantitative estimate of drug-likeness (QED) is 0.815. The van der Waals surface area contributed by atoms with Crippen LogP contribution in [0.4, 0.5) is 0 Å². The van der Waals surface area contributed by atoms with E-state index >= 15 is 0 Å². The molecule has 2 rings (SSSR count). The van der Waals surface area contributed by atoms with Gasteiger partial charge < -0.3 is 11.1 Å². The van der Waals surface area contributed by atoms with Crippen molar-refractivity contribution >= 4 is 23.1 Å². The van der Waals surface area contributed by atoms with E-state index in [9.17, 15) is 4.79 Å². The second kappa shape index (κ2) is 5.69. The second-order valence-electron chi connectivity index (χ2n) is 5.21. The van der Waals surface area contributed by atoms with Gasteiger partial charge in [-0.15, -0.1) is 0 Å². The SMILES string of the molecule is Cn1cc(CNC(=O)C2(C(N)=S)CCCCC2)cn1. The number of aryl methyl sites for hydroxylation is 1. The molecule has 104 valence electrons. The van der Waals surface area contributed by atoms with E-state index in [2.05, 4.69) is 10.4 Å². The third-order valence-corrected chi connectivity index (χ3v) is 4.22. The van der Waals surface area contributed by atoms with Gasteiger partial charge in [-0.1, -0.05) is 31.5 Å². The van der Waals surface area contributed by atoms with Crippen LogP contribution < -0.4 is 11.1 Å². The van der Waals surface area contributed by atoms with E-state index in [-0.39, 0.29) is 5.91 Å². The number of thiocarbonyl (C=S) groups is 1. The molecule has 1 aromatic rings. The number of aromatic nitrogens is 2. The molecule has 1 saturated carbocycles. The topological polar surface area (TPSA) is 72.9 Å². The fourth-order valence-corrected chi connectivity index (χ4v) is 2.95. The van der Waals surface area contributed by atoms with Gasteiger partial charge in [0.05, 0.1) is 16.6 Å². The van der Waals surface area contributed by atoms with Crippen molar-refractivity contribution in [3.05, 3.63) is 18.0 Å². The highest BCUT2D eigenvalue weighted by molar-refractivity contribution is 7.80. The molecule has 0 spiro atoms. The maximum Gasteiger partial charge on any atom is 0.233 e. The second-order valence-corrected chi connectivity index (χ2v) is 5.65. The zero-order chi connectivity index (χ0) is 13.9. The molecular formula is C13H20N4OS. The summed E-state index contributed by atoms with van der Waals surface area (Å²) in [6.07, 6.45) is 8.33. The van der Waals surface area contributed by atoms with Crippen LogP contribution in [0.3, 0.4) is 0 Å². The molecule has 0 radical (unpaired) electrons. The maximum absolute atomic E-state index is 12.4. The number of nitrogens with one attached hydrogen (secondary N) is 1. The van der Waals surface area contributed by atoms with Gasteiger partial charge in [0.1, 0.15) is 0 Å². The summed E-state index contributed by atoms with van der Waals surface area (Å²) in [7, 11) is 1.85. The Morgan fingerprint density at radius 3 is 2.74 bits per heavy atom. The molecule has 6 heteroatoms. The van der Waals surface area contributed by atoms with Crippen LogP contribution in [0.15, 0.2) is 12.4 Å². The minimum atomic E-state index is -0.643. The molecule has 0 unspecified atom stereocenters. The summed E-state index contributed by atoms with van der Waals surface area (Å²) in [5.74, 6) is -0.0384. The first-order valence-corrected chi connectivity index (χ1v) is 7.01. The molecule has 0 bridgehead atoms. The first-order valence-electron chi connectivity index (χ1n) is 6.60. The summed E-state index contributed by atoms with van der Waals surface area (Å²) in [4.78, 5) is 12.8. The Hall–Kier alpha value is -1.43. The zero-order valence-corrected chi connectivity index (χ0v) is 12.0. The van der Waals surface area contributed by atoms with Crippen LogP contribution in [-0.4, -0.2) is 20.7 Å². The van der Waals surface area contributed by atoms with Crippen molar-refractivity contribution in [2.75, 3.05) is 0 Å². The Balaban J connectivity index is 2.02. The van der Waals surface area contributed by atoms with Gasteiger partial charge in [0.2, 0.25) is 5.91 Å². The number of nitrogens with two attached hydrogens (primary N) is 1. The molecule has 0 aliphatic heterocycles. The Bertz CT molecular complexity index is 477. The summed E-state index contributed by atoms with van der Waals surface area (Å²) in [6, 6.07) is 0. The van der Waals surface area contributed by atoms with Crippen molar-refractivity contribution in [2.24, 2.45) is 18.2 Å². The molecule has 1 amide bonds. The molecule has 1 aliphatic rings. The molecule has 1 aliphatic carbocycles. The van der Waals surface area contributed by atoms with E-state index in [1.807, 2.05) is 13.2 Å². The van der Waals surface area contributed by atoms with E-state index in [1.165, 1.54) is 0 Å². The maximum atomic E-state index is 12.4. The van der Waals surface area contributed by atoms with E-state index in [4.69, 9.17) is 18.0 Å². The fourth-order valence-electron chi connectivity index (χ4n) is 2.66. The van der Waals surface area contributed by atoms with Crippen molar-refractivity contribution in [1.82, 2.24) is 15.1 Å². The van der Waals surface area contributed by atoms with E-state index < -0.39 is 5.41 Å². The Kier molecular flexibility index (Phi) is 4.19. The molecule has 0 saturated heterocycles. The summed E-state index contributed by atoms with van der Waals surface area (Å²) in [5, 5.41) is 7.02. The van der Waals surface area contributed by atoms with Crippen molar-refractivity contribution in [2.45, 2.75) is 38.6 Å². The Morgan fingerprint density at radius 1 is 1.53 bits per heavy atom. The van der Waals surface area contributed by atoms with E-state index in [0.717, 1.165) is 37.7 Å². The predicted octanol–water partition coefficient (Wildman–Crippen LogP) is 1.27. The zero-order valence-electron chi connectivity index (χ0n) is 11.2. The summed E-state index contributed by atoms with van der Waals surface area (Å²) in [5.41, 5.74) is 6.16. The number of nitrogens with zero attached hydrogens (tertiary/aromatic N) is 2. The number of carbonyl (C=O) groups excluding carboxylic acids is 1. The van der Waals surface area contributed by atoms with Gasteiger partial charge in [-0.25, -0.2) is 0 Å². The average molecular weight is 280 g/mol. The van der Waals surface area contributed by atoms with Crippen molar-refractivity contribution < 1.29 is 4.79 Å².